The highest BCUT2D eigenvalue weighted by Gasteiger charge is 2.14. The minimum absolute atomic E-state index is 0.270. The Morgan fingerprint density at radius 2 is 1.76 bits per heavy atom. The maximum absolute atomic E-state index is 12.0. The highest BCUT2D eigenvalue weighted by atomic mass is 16.5. The van der Waals surface area contributed by atoms with Gasteiger partial charge < -0.3 is 19.9 Å². The molecule has 0 aliphatic rings. The molecular formula is C34H32N6O2. The lowest BCUT2D eigenvalue weighted by atomic mass is 9.93. The number of carbonyl (C=O) groups is 1. The fraction of sp³-hybridized carbons (Fsp3) is 0.176. The molecule has 210 valence electrons. The van der Waals surface area contributed by atoms with E-state index in [1.807, 2.05) is 54.2 Å². The van der Waals surface area contributed by atoms with Gasteiger partial charge in [-0.2, -0.15) is 0 Å². The van der Waals surface area contributed by atoms with Crippen molar-refractivity contribution >= 4 is 39.5 Å². The van der Waals surface area contributed by atoms with E-state index in [9.17, 15) is 4.79 Å². The smallest absolute Gasteiger partial charge is 0.269 e. The quantitative estimate of drug-likeness (QED) is 0.205. The Morgan fingerprint density at radius 3 is 2.60 bits per heavy atom. The van der Waals surface area contributed by atoms with Crippen LogP contribution in [-0.4, -0.2) is 32.5 Å². The second-order valence-corrected chi connectivity index (χ2v) is 10.7. The van der Waals surface area contributed by atoms with Crippen molar-refractivity contribution in [3.8, 4) is 22.6 Å². The first-order valence-electron chi connectivity index (χ1n) is 14.0. The zero-order valence-electron chi connectivity index (χ0n) is 24.1. The number of nitrogens with one attached hydrogen (secondary N) is 2. The van der Waals surface area contributed by atoms with Crippen molar-refractivity contribution < 1.29 is 9.53 Å². The molecule has 0 bridgehead atoms. The van der Waals surface area contributed by atoms with Gasteiger partial charge >= 0.3 is 0 Å². The number of imidazole rings is 1. The number of benzene rings is 3. The normalized spacial score (nSPS) is 11.3. The lowest BCUT2D eigenvalue weighted by molar-refractivity contribution is 0.0958. The Kier molecular flexibility index (Phi) is 7.27. The van der Waals surface area contributed by atoms with Crippen LogP contribution in [0.5, 0.6) is 11.5 Å². The number of aromatic nitrogens is 4. The molecule has 0 aliphatic carbocycles. The zero-order valence-corrected chi connectivity index (χ0v) is 24.1. The van der Waals surface area contributed by atoms with Crippen LogP contribution in [0.15, 0.2) is 91.3 Å². The number of aryl methyl sites for hydroxylation is 1. The van der Waals surface area contributed by atoms with E-state index >= 15 is 0 Å². The van der Waals surface area contributed by atoms with Gasteiger partial charge in [0.05, 0.1) is 16.6 Å². The highest BCUT2D eigenvalue weighted by Crippen LogP contribution is 2.33. The molecule has 3 aromatic carbocycles. The summed E-state index contributed by atoms with van der Waals surface area (Å²) in [5, 5.41) is 7.22. The first kappa shape index (κ1) is 27.0. The number of para-hydroxylation sites is 1. The number of pyridine rings is 2. The standard InChI is InChI=1S/C34H32N6O2/c1-21(2)15-22-9-10-25(17-28(22)24-16-23-7-5-6-8-29(23)37-20-24)38-34-39-30-18-26(11-12-32(30)40(34)4)42-27-13-14-36-31(19-27)33(41)35-3/h5-14,16-21H,15H2,1-4H3,(H,35,41)(H,38,39). The van der Waals surface area contributed by atoms with E-state index in [2.05, 4.69) is 59.8 Å². The third kappa shape index (κ3) is 5.51. The van der Waals surface area contributed by atoms with Gasteiger partial charge in [-0.3, -0.25) is 14.8 Å². The molecule has 42 heavy (non-hydrogen) atoms. The monoisotopic (exact) mass is 556 g/mol. The lowest BCUT2D eigenvalue weighted by Gasteiger charge is -2.15. The first-order valence-corrected chi connectivity index (χ1v) is 14.0. The van der Waals surface area contributed by atoms with Crippen molar-refractivity contribution in [1.29, 1.82) is 0 Å². The van der Waals surface area contributed by atoms with Crippen LogP contribution in [-0.2, 0) is 13.5 Å². The predicted molar refractivity (Wildman–Crippen MR) is 167 cm³/mol. The van der Waals surface area contributed by atoms with Crippen molar-refractivity contribution in [1.82, 2.24) is 24.8 Å². The average Bonchev–Trinajstić information content (AvgIpc) is 3.30. The second kappa shape index (κ2) is 11.3. The maximum atomic E-state index is 12.0. The lowest BCUT2D eigenvalue weighted by Crippen LogP contribution is -2.18. The minimum Gasteiger partial charge on any atom is -0.457 e. The summed E-state index contributed by atoms with van der Waals surface area (Å²) in [5.41, 5.74) is 7.51. The minimum atomic E-state index is -0.270. The number of fused-ring (bicyclic) bond motifs is 2. The Balaban J connectivity index is 1.30. The van der Waals surface area contributed by atoms with E-state index in [4.69, 9.17) is 14.7 Å². The van der Waals surface area contributed by atoms with E-state index < -0.39 is 0 Å². The molecule has 0 atom stereocenters. The molecule has 6 aromatic rings. The summed E-state index contributed by atoms with van der Waals surface area (Å²) in [6.45, 7) is 4.48. The molecule has 6 rings (SSSR count). The van der Waals surface area contributed by atoms with Gasteiger partial charge in [0, 0.05) is 55.3 Å². The summed E-state index contributed by atoms with van der Waals surface area (Å²) >= 11 is 0. The summed E-state index contributed by atoms with van der Waals surface area (Å²) in [6.07, 6.45) is 4.48. The average molecular weight is 557 g/mol. The van der Waals surface area contributed by atoms with E-state index in [0.717, 1.165) is 45.2 Å². The molecule has 0 saturated carbocycles. The highest BCUT2D eigenvalue weighted by molar-refractivity contribution is 5.92. The summed E-state index contributed by atoms with van der Waals surface area (Å²) in [4.78, 5) is 25.6. The number of rotatable bonds is 8. The topological polar surface area (TPSA) is 94.0 Å². The third-order valence-electron chi connectivity index (χ3n) is 7.17. The number of anilines is 2. The van der Waals surface area contributed by atoms with Crippen molar-refractivity contribution in [2.75, 3.05) is 12.4 Å². The van der Waals surface area contributed by atoms with E-state index in [1.165, 1.54) is 5.56 Å². The molecule has 0 saturated heterocycles. The number of hydrogen-bond acceptors (Lipinski definition) is 6. The summed E-state index contributed by atoms with van der Waals surface area (Å²) in [7, 11) is 3.55. The van der Waals surface area contributed by atoms with Gasteiger partial charge in [0.15, 0.2) is 0 Å². The van der Waals surface area contributed by atoms with Crippen LogP contribution in [0.4, 0.5) is 11.6 Å². The molecule has 0 radical (unpaired) electrons. The van der Waals surface area contributed by atoms with Gasteiger partial charge in [-0.05, 0) is 65.9 Å². The number of carbonyl (C=O) groups excluding carboxylic acids is 1. The second-order valence-electron chi connectivity index (χ2n) is 10.7. The fourth-order valence-electron chi connectivity index (χ4n) is 5.11. The summed E-state index contributed by atoms with van der Waals surface area (Å²) in [6, 6.07) is 26.0. The van der Waals surface area contributed by atoms with Crippen molar-refractivity contribution in [2.45, 2.75) is 20.3 Å². The molecule has 8 heteroatoms. The molecule has 0 unspecified atom stereocenters. The van der Waals surface area contributed by atoms with Crippen molar-refractivity contribution in [3.05, 3.63) is 103 Å². The molecule has 0 aliphatic heterocycles. The molecule has 3 aromatic heterocycles. The van der Waals surface area contributed by atoms with Crippen molar-refractivity contribution in [2.24, 2.45) is 13.0 Å². The molecule has 3 heterocycles. The van der Waals surface area contributed by atoms with Crippen LogP contribution < -0.4 is 15.4 Å². The number of hydrogen-bond donors (Lipinski definition) is 2. The van der Waals surface area contributed by atoms with Crippen LogP contribution in [0.1, 0.15) is 29.9 Å². The van der Waals surface area contributed by atoms with Gasteiger partial charge in [-0.15, -0.1) is 0 Å². The van der Waals surface area contributed by atoms with Crippen LogP contribution in [0.2, 0.25) is 0 Å². The van der Waals surface area contributed by atoms with Crippen molar-refractivity contribution in [3.63, 3.8) is 0 Å². The molecule has 0 fully saturated rings. The van der Waals surface area contributed by atoms with Crippen LogP contribution >= 0.6 is 0 Å². The van der Waals surface area contributed by atoms with Gasteiger partial charge in [-0.25, -0.2) is 4.98 Å². The fourth-order valence-corrected chi connectivity index (χ4v) is 5.11. The number of ether oxygens (including phenoxy) is 1. The predicted octanol–water partition coefficient (Wildman–Crippen LogP) is 7.28. The van der Waals surface area contributed by atoms with Gasteiger partial charge in [-0.1, -0.05) is 38.1 Å². The van der Waals surface area contributed by atoms with E-state index in [0.29, 0.717) is 29.1 Å². The summed E-state index contributed by atoms with van der Waals surface area (Å²) < 4.78 is 8.06. The Morgan fingerprint density at radius 1 is 0.929 bits per heavy atom. The van der Waals surface area contributed by atoms with E-state index in [-0.39, 0.29) is 5.91 Å². The SMILES string of the molecule is CNC(=O)c1cc(Oc2ccc3c(c2)nc(Nc2ccc(CC(C)C)c(-c4cnc5ccccc5c4)c2)n3C)ccn1. The number of nitrogens with zero attached hydrogens (tertiary/aromatic N) is 4. The van der Waals surface area contributed by atoms with Crippen LogP contribution in [0.3, 0.4) is 0 Å². The van der Waals surface area contributed by atoms with Crippen LogP contribution in [0.25, 0.3) is 33.1 Å². The molecule has 2 N–H and O–H groups in total. The van der Waals surface area contributed by atoms with E-state index in [1.54, 1.807) is 25.4 Å². The van der Waals surface area contributed by atoms with Crippen LogP contribution in [0, 0.1) is 5.92 Å². The largest absolute Gasteiger partial charge is 0.457 e. The Hall–Kier alpha value is -5.24. The van der Waals surface area contributed by atoms with Gasteiger partial charge in [0.1, 0.15) is 17.2 Å². The molecule has 1 amide bonds. The first-order chi connectivity index (χ1) is 20.4. The maximum Gasteiger partial charge on any atom is 0.269 e. The molecule has 0 spiro atoms. The Labute approximate surface area is 244 Å². The molecular weight excluding hydrogens is 524 g/mol. The number of amides is 1. The Bertz CT molecular complexity index is 1930. The molecule has 8 nitrogen and oxygen atoms in total. The van der Waals surface area contributed by atoms with Gasteiger partial charge in [0.2, 0.25) is 5.95 Å². The summed E-state index contributed by atoms with van der Waals surface area (Å²) in [5.74, 6) is 2.11. The zero-order chi connectivity index (χ0) is 29.2. The van der Waals surface area contributed by atoms with Gasteiger partial charge in [0.25, 0.3) is 5.91 Å². The third-order valence-corrected chi connectivity index (χ3v) is 7.17.